The largest absolute Gasteiger partial charge is 0.497 e. The molecule has 5 bridgehead atoms. The van der Waals surface area contributed by atoms with E-state index in [1.807, 2.05) is 36.4 Å². The molecule has 0 spiro atoms. The van der Waals surface area contributed by atoms with Gasteiger partial charge in [0.2, 0.25) is 59.1 Å². The van der Waals surface area contributed by atoms with E-state index in [2.05, 4.69) is 47.2 Å². The summed E-state index contributed by atoms with van der Waals surface area (Å²) in [5.74, 6) is -6.36. The molecular weight excluding hydrogens is 1380 g/mol. The summed E-state index contributed by atoms with van der Waals surface area (Å²) < 4.78 is 41.9. The SMILES string of the molecule is COc1ccc(C[C@@H]2NC(=O)[C@@H]3CCCC/C=C/CO[C@H]4CC(C(=O)N3)N(C4)C(=O)[C@H](Cc3c[nH]c4ccc(F)cc34)NC(=O)[C@H](Cc3c[nH]c4ccc(F)cc34)NC(=O)[C@@H](C)NC(=O)[C@H](CCCCN)NC(=O)CCSCc3cccc(c3)CSC[C@@H](C(N)=O)NC(=O)[C@]3(C)CCCN3C2=O)cc1. The highest BCUT2D eigenvalue weighted by atomic mass is 32.2. The summed E-state index contributed by atoms with van der Waals surface area (Å²) >= 11 is 2.87. The number of allylic oxidation sites excluding steroid dienone is 1. The number of nitrogens with one attached hydrogen (secondary N) is 9. The average Bonchev–Trinajstić information content (AvgIpc) is 1.60. The van der Waals surface area contributed by atoms with E-state index in [0.29, 0.717) is 107 Å². The molecule has 4 aliphatic rings. The second-order valence-electron chi connectivity index (χ2n) is 27.2. The summed E-state index contributed by atoms with van der Waals surface area (Å²) in [4.78, 5) is 157. The third-order valence-electron chi connectivity index (χ3n) is 19.6. The number of nitrogens with zero attached hydrogens (tertiary/aromatic N) is 2. The van der Waals surface area contributed by atoms with Gasteiger partial charge in [-0.3, -0.25) is 47.9 Å². The number of methoxy groups -OCH3 is 1. The van der Waals surface area contributed by atoms with Crippen molar-refractivity contribution in [1.29, 1.82) is 0 Å². The quantitative estimate of drug-likeness (QED) is 0.0564. The van der Waals surface area contributed by atoms with Crippen LogP contribution >= 0.6 is 23.5 Å². The van der Waals surface area contributed by atoms with Crippen molar-refractivity contribution in [3.05, 3.63) is 149 Å². The van der Waals surface area contributed by atoms with Crippen molar-refractivity contribution in [2.45, 2.75) is 175 Å². The molecule has 2 fully saturated rings. The van der Waals surface area contributed by atoms with Gasteiger partial charge in [-0.1, -0.05) is 55.0 Å². The van der Waals surface area contributed by atoms with Crippen LogP contribution < -0.4 is 53.4 Å². The maximum atomic E-state index is 15.9. The van der Waals surface area contributed by atoms with Crippen LogP contribution in [0.5, 0.6) is 5.75 Å². The van der Waals surface area contributed by atoms with Crippen LogP contribution in [-0.2, 0) is 83.5 Å². The zero-order valence-corrected chi connectivity index (χ0v) is 60.3. The van der Waals surface area contributed by atoms with E-state index in [1.165, 1.54) is 83.8 Å². The Hall–Kier alpha value is -9.32. The van der Waals surface area contributed by atoms with Crippen LogP contribution in [0.1, 0.15) is 112 Å². The van der Waals surface area contributed by atoms with Crippen molar-refractivity contribution < 1.29 is 66.2 Å². The Bertz CT molecular complexity index is 4120. The van der Waals surface area contributed by atoms with Gasteiger partial charge in [-0.2, -0.15) is 23.5 Å². The first-order valence-corrected chi connectivity index (χ1v) is 37.8. The molecule has 4 aromatic carbocycles. The van der Waals surface area contributed by atoms with E-state index in [4.69, 9.17) is 20.9 Å². The van der Waals surface area contributed by atoms with Crippen molar-refractivity contribution in [3.8, 4) is 5.75 Å². The smallest absolute Gasteiger partial charge is 0.246 e. The highest BCUT2D eigenvalue weighted by Crippen LogP contribution is 2.33. The number of benzene rings is 4. The number of aromatic nitrogens is 2. The topological polar surface area (TPSA) is 363 Å². The molecule has 10 rings (SSSR count). The minimum absolute atomic E-state index is 0.0379. The molecule has 0 saturated carbocycles. The molecule has 6 aromatic rings. The summed E-state index contributed by atoms with van der Waals surface area (Å²) in [6, 6.07) is 12.1. The van der Waals surface area contributed by atoms with Crippen LogP contribution in [0.2, 0.25) is 0 Å². The molecule has 104 heavy (non-hydrogen) atoms. The Labute approximate surface area is 610 Å². The van der Waals surface area contributed by atoms with Crippen molar-refractivity contribution >= 4 is 104 Å². The number of carbonyl (C=O) groups excluding carboxylic acids is 10. The van der Waals surface area contributed by atoms with Gasteiger partial charge in [-0.25, -0.2) is 8.78 Å². The maximum Gasteiger partial charge on any atom is 0.246 e. The molecule has 0 aliphatic carbocycles. The van der Waals surface area contributed by atoms with Crippen molar-refractivity contribution in [1.82, 2.24) is 57.0 Å². The molecule has 6 heterocycles. The number of rotatable bonds is 12. The fraction of sp³-hybridized carbons (Fsp3) is 0.467. The molecule has 1 unspecified atom stereocenters. The number of thioether (sulfide) groups is 2. The second-order valence-corrected chi connectivity index (χ2v) is 29.4. The first-order valence-electron chi connectivity index (χ1n) is 35.4. The summed E-state index contributed by atoms with van der Waals surface area (Å²) in [6.07, 6.45) is 8.84. The van der Waals surface area contributed by atoms with Gasteiger partial charge in [0.1, 0.15) is 71.3 Å². The lowest BCUT2D eigenvalue weighted by molar-refractivity contribution is -0.147. The minimum Gasteiger partial charge on any atom is -0.497 e. The van der Waals surface area contributed by atoms with Gasteiger partial charge in [-0.05, 0) is 148 Å². The Kier molecular flexibility index (Phi) is 27.1. The number of unbranched alkanes of at least 4 members (excludes halogenated alkanes) is 1. The lowest BCUT2D eigenvalue weighted by atomic mass is 9.95. The van der Waals surface area contributed by atoms with Gasteiger partial charge >= 0.3 is 0 Å². The maximum absolute atomic E-state index is 15.9. The van der Waals surface area contributed by atoms with E-state index in [0.717, 1.165) is 11.1 Å². The zero-order valence-electron chi connectivity index (χ0n) is 58.7. The predicted molar refractivity (Wildman–Crippen MR) is 392 cm³/mol. The fourth-order valence-electron chi connectivity index (χ4n) is 13.8. The van der Waals surface area contributed by atoms with E-state index in [9.17, 15) is 24.0 Å². The standard InChI is InChI=1S/C75H93F2N13O12S2/c1-44-67(93)85-60(33-48-38-80-56-23-19-50(76)35-54(48)56)70(96)87-62(34-49-39-81-57-24-20-51(77)36-55(49)57)72(98)89-40-53-37-64(89)71(97)84-59(15-7-5-4-6-10-29-102-53)69(95)86-61(32-45-17-21-52(101-3)22-18-45)73(99)90-28-12-26-75(90,2)74(100)88-63(66(79)92)43-104-42-47-14-11-13-46(31-47)41-103-30-25-65(91)83-58(68(94)82-44)16-8-9-27-78/h6,10-11,13-14,17-24,31,35-36,38-39,44,53,58-64,80-81H,4-5,7-9,12,15-16,25-30,32-34,37,40-43,78H2,1-3H3,(H2,79,92)(H,82,94)(H,83,91)(H,84,97)(H,85,93)(H,86,95)(H,87,96)(H,88,100)/b10-6+/t44-,53+,58+,59+,60+,61+,62+,63+,64?,75+/m1/s1. The summed E-state index contributed by atoms with van der Waals surface area (Å²) in [5, 5.41) is 20.7. The monoisotopic (exact) mass is 1470 g/mol. The molecule has 556 valence electrons. The number of halogens is 2. The van der Waals surface area contributed by atoms with E-state index >= 15 is 32.8 Å². The number of primary amides is 1. The number of amides is 10. The van der Waals surface area contributed by atoms with Crippen molar-refractivity contribution in [2.24, 2.45) is 11.5 Å². The molecule has 13 N–H and O–H groups in total. The third-order valence-corrected chi connectivity index (χ3v) is 21.8. The number of aromatic amines is 2. The third kappa shape index (κ3) is 20.1. The molecule has 10 atom stereocenters. The number of ether oxygens (including phenoxy) is 2. The van der Waals surface area contributed by atoms with Gasteiger partial charge in [0.15, 0.2) is 0 Å². The van der Waals surface area contributed by atoms with Crippen molar-refractivity contribution in [3.63, 3.8) is 0 Å². The average molecular weight is 1470 g/mol. The van der Waals surface area contributed by atoms with Crippen LogP contribution in [-0.4, -0.2) is 184 Å². The Morgan fingerprint density at radius 2 is 1.34 bits per heavy atom. The normalized spacial score (nSPS) is 25.8. The molecule has 25 nitrogen and oxygen atoms in total. The van der Waals surface area contributed by atoms with E-state index in [1.54, 1.807) is 43.6 Å². The summed E-state index contributed by atoms with van der Waals surface area (Å²) in [5.41, 5.74) is 14.6. The van der Waals surface area contributed by atoms with Gasteiger partial charge in [0, 0.05) is 102 Å². The lowest BCUT2D eigenvalue weighted by Crippen LogP contribution is -2.63. The minimum atomic E-state index is -1.58. The lowest BCUT2D eigenvalue weighted by Gasteiger charge is -2.37. The fourth-order valence-corrected chi connectivity index (χ4v) is 15.7. The van der Waals surface area contributed by atoms with Gasteiger partial charge in [-0.15, -0.1) is 0 Å². The Morgan fingerprint density at radius 3 is 2.02 bits per heavy atom. The van der Waals surface area contributed by atoms with E-state index in [-0.39, 0.29) is 76.8 Å². The second kappa shape index (κ2) is 36.4. The highest BCUT2D eigenvalue weighted by Gasteiger charge is 2.49. The summed E-state index contributed by atoms with van der Waals surface area (Å²) in [7, 11) is 1.51. The number of nitrogens with two attached hydrogens (primary N) is 2. The van der Waals surface area contributed by atoms with Crippen LogP contribution in [0, 0.1) is 11.6 Å². The summed E-state index contributed by atoms with van der Waals surface area (Å²) in [6.45, 7) is 3.38. The molecular formula is C75H93F2N13O12S2. The Balaban J connectivity index is 1.00. The van der Waals surface area contributed by atoms with Crippen LogP contribution in [0.25, 0.3) is 21.8 Å². The molecule has 0 radical (unpaired) electrons. The van der Waals surface area contributed by atoms with Crippen LogP contribution in [0.3, 0.4) is 0 Å². The number of hydrogen-bond donors (Lipinski definition) is 11. The molecule has 2 aromatic heterocycles. The van der Waals surface area contributed by atoms with Crippen LogP contribution in [0.4, 0.5) is 8.78 Å². The van der Waals surface area contributed by atoms with Crippen LogP contribution in [0.15, 0.2) is 109 Å². The van der Waals surface area contributed by atoms with E-state index < -0.39 is 131 Å². The van der Waals surface area contributed by atoms with Crippen molar-refractivity contribution in [2.75, 3.05) is 44.9 Å². The molecule has 29 heteroatoms. The zero-order chi connectivity index (χ0) is 74.0. The molecule has 2 saturated heterocycles. The first kappa shape index (κ1) is 77.3. The highest BCUT2D eigenvalue weighted by molar-refractivity contribution is 7.98. The first-order chi connectivity index (χ1) is 50.1. The Morgan fingerprint density at radius 1 is 0.683 bits per heavy atom. The number of carbonyl (C=O) groups is 10. The van der Waals surface area contributed by atoms with Gasteiger partial charge in [0.25, 0.3) is 0 Å². The van der Waals surface area contributed by atoms with Gasteiger partial charge in [0.05, 0.1) is 19.8 Å². The van der Waals surface area contributed by atoms with Gasteiger partial charge < -0.3 is 77.9 Å². The molecule has 10 amide bonds. The molecule has 4 aliphatic heterocycles. The number of fused-ring (bicyclic) bond motifs is 8. The number of hydrogen-bond acceptors (Lipinski definition) is 15. The predicted octanol–water partition coefficient (Wildman–Crippen LogP) is 5.06. The number of H-pyrrole nitrogens is 2.